The Bertz CT molecular complexity index is 267. The SMILES string of the molecule is CC[N+](CC)(CC)c1ccc(C)cc1.[BH4-]. The van der Waals surface area contributed by atoms with Gasteiger partial charge in [-0.15, -0.1) is 0 Å². The van der Waals surface area contributed by atoms with Crippen LogP contribution in [-0.4, -0.2) is 28.0 Å². The molecule has 0 atom stereocenters. The first-order valence-electron chi connectivity index (χ1n) is 5.61. The minimum atomic E-state index is 0. The fraction of sp³-hybridized carbons (Fsp3) is 0.538. The van der Waals surface area contributed by atoms with E-state index in [-0.39, 0.29) is 8.41 Å². The van der Waals surface area contributed by atoms with Crippen LogP contribution in [0.3, 0.4) is 0 Å². The molecule has 0 aliphatic carbocycles. The number of benzene rings is 1. The summed E-state index contributed by atoms with van der Waals surface area (Å²) in [6, 6.07) is 8.96. The molecule has 0 bridgehead atoms. The molecule has 0 saturated carbocycles. The Morgan fingerprint density at radius 1 is 0.867 bits per heavy atom. The summed E-state index contributed by atoms with van der Waals surface area (Å²) in [6.45, 7) is 12.5. The zero-order valence-electron chi connectivity index (χ0n) is 9.88. The van der Waals surface area contributed by atoms with Crippen molar-refractivity contribution in [1.29, 1.82) is 0 Å². The first-order chi connectivity index (χ1) is 6.68. The molecule has 0 amide bonds. The van der Waals surface area contributed by atoms with Crippen molar-refractivity contribution in [1.82, 2.24) is 4.48 Å². The second kappa shape index (κ2) is 5.97. The third-order valence-electron chi connectivity index (χ3n) is 3.40. The lowest BCUT2D eigenvalue weighted by molar-refractivity contribution is 0.316. The fourth-order valence-corrected chi connectivity index (χ4v) is 2.08. The summed E-state index contributed by atoms with van der Waals surface area (Å²) >= 11 is 0. The molecule has 0 spiro atoms. The average Bonchev–Trinajstić information content (AvgIpc) is 2.24. The van der Waals surface area contributed by atoms with Gasteiger partial charge in [-0.25, -0.2) is 0 Å². The van der Waals surface area contributed by atoms with Crippen LogP contribution < -0.4 is 4.48 Å². The Morgan fingerprint density at radius 2 is 1.27 bits per heavy atom. The van der Waals surface area contributed by atoms with Gasteiger partial charge in [-0.1, -0.05) is 26.1 Å². The lowest BCUT2D eigenvalue weighted by Gasteiger charge is -2.35. The van der Waals surface area contributed by atoms with Crippen molar-refractivity contribution in [3.63, 3.8) is 0 Å². The predicted molar refractivity (Wildman–Crippen MR) is 75.9 cm³/mol. The van der Waals surface area contributed by atoms with E-state index in [1.54, 1.807) is 0 Å². The summed E-state index contributed by atoms with van der Waals surface area (Å²) in [7, 11) is 0. The van der Waals surface area contributed by atoms with Crippen molar-refractivity contribution in [3.05, 3.63) is 29.8 Å². The van der Waals surface area contributed by atoms with Gasteiger partial charge in [0.1, 0.15) is 5.69 Å². The maximum atomic E-state index is 2.27. The highest BCUT2D eigenvalue weighted by Crippen LogP contribution is 2.22. The molecular weight excluding hydrogens is 181 g/mol. The number of nitrogens with zero attached hydrogens (tertiary/aromatic N) is 1. The van der Waals surface area contributed by atoms with Gasteiger partial charge in [0, 0.05) is 0 Å². The highest BCUT2D eigenvalue weighted by Gasteiger charge is 2.23. The van der Waals surface area contributed by atoms with Crippen LogP contribution >= 0.6 is 0 Å². The molecule has 2 heteroatoms. The minimum absolute atomic E-state index is 0. The van der Waals surface area contributed by atoms with E-state index in [4.69, 9.17) is 0 Å². The average molecular weight is 207 g/mol. The molecule has 86 valence electrons. The Morgan fingerprint density at radius 3 is 1.60 bits per heavy atom. The first kappa shape index (κ1) is 14.2. The molecule has 0 heterocycles. The van der Waals surface area contributed by atoms with Gasteiger partial charge in [0.25, 0.3) is 0 Å². The summed E-state index contributed by atoms with van der Waals surface area (Å²) in [5.41, 5.74) is 2.79. The molecule has 0 aromatic heterocycles. The number of hydrogen-bond acceptors (Lipinski definition) is 0. The molecule has 15 heavy (non-hydrogen) atoms. The van der Waals surface area contributed by atoms with E-state index in [1.165, 1.54) is 30.9 Å². The molecule has 1 nitrogen and oxygen atoms in total. The van der Waals surface area contributed by atoms with Gasteiger partial charge in [-0.3, -0.25) is 4.48 Å². The van der Waals surface area contributed by atoms with E-state index < -0.39 is 0 Å². The summed E-state index contributed by atoms with van der Waals surface area (Å²) < 4.78 is 1.10. The molecule has 0 unspecified atom stereocenters. The van der Waals surface area contributed by atoms with Crippen molar-refractivity contribution in [2.45, 2.75) is 27.7 Å². The second-order valence-electron chi connectivity index (χ2n) is 3.93. The Balaban J connectivity index is 0.00000196. The maximum Gasteiger partial charge on any atom is 0.132 e. The molecule has 0 aliphatic heterocycles. The fourth-order valence-electron chi connectivity index (χ4n) is 2.08. The summed E-state index contributed by atoms with van der Waals surface area (Å²) in [6.07, 6.45) is 0. The minimum Gasteiger partial charge on any atom is -0.292 e. The van der Waals surface area contributed by atoms with Crippen LogP contribution in [0.25, 0.3) is 0 Å². The van der Waals surface area contributed by atoms with Crippen LogP contribution in [0, 0.1) is 6.92 Å². The van der Waals surface area contributed by atoms with E-state index in [9.17, 15) is 0 Å². The molecule has 1 aromatic carbocycles. The molecule has 1 aromatic rings. The van der Waals surface area contributed by atoms with Crippen LogP contribution in [0.5, 0.6) is 0 Å². The van der Waals surface area contributed by atoms with Gasteiger partial charge in [0.15, 0.2) is 0 Å². The lowest BCUT2D eigenvalue weighted by Crippen LogP contribution is -2.48. The van der Waals surface area contributed by atoms with Crippen molar-refractivity contribution < 1.29 is 0 Å². The first-order valence-corrected chi connectivity index (χ1v) is 5.61. The number of aryl methyl sites for hydroxylation is 1. The zero-order valence-corrected chi connectivity index (χ0v) is 9.88. The topological polar surface area (TPSA) is 0 Å². The monoisotopic (exact) mass is 207 g/mol. The van der Waals surface area contributed by atoms with Crippen LogP contribution in [0.2, 0.25) is 0 Å². The molecule has 0 aliphatic rings. The summed E-state index contributed by atoms with van der Waals surface area (Å²) in [4.78, 5) is 0. The Kier molecular flexibility index (Phi) is 5.67. The van der Waals surface area contributed by atoms with Crippen LogP contribution in [0.1, 0.15) is 26.3 Å². The number of rotatable bonds is 4. The Hall–Kier alpha value is -0.755. The van der Waals surface area contributed by atoms with Crippen LogP contribution in [0.4, 0.5) is 5.69 Å². The zero-order chi connectivity index (χ0) is 10.6. The van der Waals surface area contributed by atoms with Crippen molar-refractivity contribution >= 4 is 14.1 Å². The van der Waals surface area contributed by atoms with Gasteiger partial charge < -0.3 is 0 Å². The van der Waals surface area contributed by atoms with Crippen LogP contribution in [0.15, 0.2) is 24.3 Å². The van der Waals surface area contributed by atoms with Gasteiger partial charge in [0.2, 0.25) is 0 Å². The smallest absolute Gasteiger partial charge is 0.132 e. The van der Waals surface area contributed by atoms with E-state index in [2.05, 4.69) is 52.0 Å². The van der Waals surface area contributed by atoms with E-state index >= 15 is 0 Å². The van der Waals surface area contributed by atoms with E-state index in [0.717, 1.165) is 4.48 Å². The largest absolute Gasteiger partial charge is 0.292 e. The van der Waals surface area contributed by atoms with E-state index in [1.807, 2.05) is 0 Å². The molecule has 1 rings (SSSR count). The number of hydrogen-bond donors (Lipinski definition) is 0. The van der Waals surface area contributed by atoms with Gasteiger partial charge >= 0.3 is 0 Å². The van der Waals surface area contributed by atoms with Crippen LogP contribution in [-0.2, 0) is 0 Å². The normalized spacial score (nSPS) is 10.9. The van der Waals surface area contributed by atoms with Gasteiger partial charge in [-0.05, 0) is 39.8 Å². The highest BCUT2D eigenvalue weighted by molar-refractivity contribution is 5.75. The molecule has 0 radical (unpaired) electrons. The van der Waals surface area contributed by atoms with Gasteiger partial charge in [-0.2, -0.15) is 0 Å². The predicted octanol–water partition coefficient (Wildman–Crippen LogP) is 1.91. The number of quaternary nitrogens is 1. The standard InChI is InChI=1S/C13H22N.BH4/c1-5-14(6-2,7-3)13-10-8-12(4)9-11-13;/h8-11H,5-7H2,1-4H3;1H4/q+1;-1. The second-order valence-corrected chi connectivity index (χ2v) is 3.93. The van der Waals surface area contributed by atoms with Gasteiger partial charge in [0.05, 0.1) is 19.6 Å². The third-order valence-corrected chi connectivity index (χ3v) is 3.40. The maximum absolute atomic E-state index is 2.27. The Labute approximate surface area is 96.3 Å². The molecule has 0 saturated heterocycles. The van der Waals surface area contributed by atoms with Crippen molar-refractivity contribution in [3.8, 4) is 0 Å². The van der Waals surface area contributed by atoms with E-state index in [0.29, 0.717) is 0 Å². The lowest BCUT2D eigenvalue weighted by atomic mass is 10.2. The third kappa shape index (κ3) is 2.85. The molecular formula is C13H26BN. The van der Waals surface area contributed by atoms with Crippen molar-refractivity contribution in [2.75, 3.05) is 19.6 Å². The molecule has 0 N–H and O–H groups in total. The molecule has 0 fully saturated rings. The summed E-state index contributed by atoms with van der Waals surface area (Å²) in [5, 5.41) is 0. The summed E-state index contributed by atoms with van der Waals surface area (Å²) in [5.74, 6) is 0. The highest BCUT2D eigenvalue weighted by atomic mass is 15.3. The quantitative estimate of drug-likeness (QED) is 0.522. The van der Waals surface area contributed by atoms with Crippen molar-refractivity contribution in [2.24, 2.45) is 0 Å².